The van der Waals surface area contributed by atoms with Gasteiger partial charge in [0.15, 0.2) is 6.29 Å². The highest BCUT2D eigenvalue weighted by atomic mass is 16.5. The Balaban J connectivity index is 2.53. The van der Waals surface area contributed by atoms with Crippen molar-refractivity contribution in [2.75, 3.05) is 0 Å². The second kappa shape index (κ2) is 3.78. The lowest BCUT2D eigenvalue weighted by molar-refractivity contribution is -0.0893. The lowest BCUT2D eigenvalue weighted by Crippen LogP contribution is -2.06. The number of aliphatic hydroxyl groups excluding tert-OH is 1. The van der Waals surface area contributed by atoms with Crippen LogP contribution in [-0.2, 0) is 11.5 Å². The van der Waals surface area contributed by atoms with Crippen molar-refractivity contribution in [1.82, 2.24) is 0 Å². The Morgan fingerprint density at radius 1 is 1.07 bits per heavy atom. The van der Waals surface area contributed by atoms with Crippen LogP contribution in [0.5, 0.6) is 0 Å². The van der Waals surface area contributed by atoms with Crippen molar-refractivity contribution >= 4 is 10.8 Å². The second-order valence-corrected chi connectivity index (χ2v) is 3.30. The van der Waals surface area contributed by atoms with Gasteiger partial charge in [-0.05, 0) is 16.3 Å². The van der Waals surface area contributed by atoms with Crippen molar-refractivity contribution in [1.29, 1.82) is 0 Å². The highest BCUT2D eigenvalue weighted by molar-refractivity contribution is 5.85. The molecule has 0 heterocycles. The van der Waals surface area contributed by atoms with Crippen molar-refractivity contribution < 1.29 is 10.2 Å². The normalized spacial score (nSPS) is 11.1. The SMILES string of the molecule is [O]C(O)Cc1cccc2ccccc12. The van der Waals surface area contributed by atoms with Gasteiger partial charge in [0.1, 0.15) is 0 Å². The number of hydrogen-bond acceptors (Lipinski definition) is 1. The molecule has 2 aromatic rings. The van der Waals surface area contributed by atoms with Crippen molar-refractivity contribution in [2.24, 2.45) is 0 Å². The minimum Gasteiger partial charge on any atom is -0.365 e. The molecule has 0 saturated carbocycles. The van der Waals surface area contributed by atoms with Crippen LogP contribution in [0.3, 0.4) is 0 Å². The number of benzene rings is 2. The van der Waals surface area contributed by atoms with E-state index in [2.05, 4.69) is 0 Å². The van der Waals surface area contributed by atoms with E-state index in [-0.39, 0.29) is 6.42 Å². The van der Waals surface area contributed by atoms with Crippen molar-refractivity contribution in [3.05, 3.63) is 48.0 Å². The molecule has 0 aromatic heterocycles. The summed E-state index contributed by atoms with van der Waals surface area (Å²) in [7, 11) is 0. The first-order chi connectivity index (χ1) is 6.77. The Labute approximate surface area is 82.4 Å². The third-order valence-corrected chi connectivity index (χ3v) is 2.27. The zero-order valence-corrected chi connectivity index (χ0v) is 7.68. The van der Waals surface area contributed by atoms with Crippen LogP contribution in [0.25, 0.3) is 10.8 Å². The highest BCUT2D eigenvalue weighted by Gasteiger charge is 2.05. The zero-order chi connectivity index (χ0) is 9.97. The molecule has 0 spiro atoms. The van der Waals surface area contributed by atoms with Crippen molar-refractivity contribution in [3.8, 4) is 0 Å². The van der Waals surface area contributed by atoms with E-state index in [0.717, 1.165) is 16.3 Å². The minimum absolute atomic E-state index is 0.168. The second-order valence-electron chi connectivity index (χ2n) is 3.30. The number of rotatable bonds is 2. The summed E-state index contributed by atoms with van der Waals surface area (Å²) < 4.78 is 0. The predicted octanol–water partition coefficient (Wildman–Crippen LogP) is 2.13. The Morgan fingerprint density at radius 3 is 2.57 bits per heavy atom. The summed E-state index contributed by atoms with van der Waals surface area (Å²) in [4.78, 5) is 0. The van der Waals surface area contributed by atoms with Crippen LogP contribution < -0.4 is 0 Å². The Morgan fingerprint density at radius 2 is 1.79 bits per heavy atom. The smallest absolute Gasteiger partial charge is 0.192 e. The predicted molar refractivity (Wildman–Crippen MR) is 54.3 cm³/mol. The van der Waals surface area contributed by atoms with Crippen LogP contribution in [0.1, 0.15) is 5.56 Å². The molecule has 2 rings (SSSR count). The molecule has 2 nitrogen and oxygen atoms in total. The first kappa shape index (κ1) is 9.19. The topological polar surface area (TPSA) is 40.1 Å². The lowest BCUT2D eigenvalue weighted by Gasteiger charge is -2.06. The van der Waals surface area contributed by atoms with Crippen LogP contribution in [0, 0.1) is 0 Å². The Bertz CT molecular complexity index is 430. The molecule has 2 aromatic carbocycles. The molecule has 0 aliphatic rings. The Hall–Kier alpha value is -1.38. The molecule has 71 valence electrons. The molecule has 0 bridgehead atoms. The maximum atomic E-state index is 10.7. The van der Waals surface area contributed by atoms with E-state index in [1.807, 2.05) is 42.5 Å². The van der Waals surface area contributed by atoms with Gasteiger partial charge in [0.25, 0.3) is 0 Å². The third kappa shape index (κ3) is 1.76. The molecule has 2 heteroatoms. The fourth-order valence-electron chi connectivity index (χ4n) is 1.66. The Kier molecular flexibility index (Phi) is 2.48. The van der Waals surface area contributed by atoms with Gasteiger partial charge < -0.3 is 5.11 Å². The summed E-state index contributed by atoms with van der Waals surface area (Å²) >= 11 is 0. The van der Waals surface area contributed by atoms with Gasteiger partial charge in [0, 0.05) is 6.42 Å². The summed E-state index contributed by atoms with van der Waals surface area (Å²) in [5, 5.41) is 21.7. The quantitative estimate of drug-likeness (QED) is 0.719. The van der Waals surface area contributed by atoms with E-state index in [0.29, 0.717) is 0 Å². The number of aliphatic hydroxyl groups is 1. The van der Waals surface area contributed by atoms with Crippen LogP contribution in [-0.4, -0.2) is 11.4 Å². The standard InChI is InChI=1S/C12H11O2/c13-12(14)8-10-6-3-5-9-4-1-2-7-11(9)10/h1-7,12-13H,8H2. The average Bonchev–Trinajstić information content (AvgIpc) is 2.18. The summed E-state index contributed by atoms with van der Waals surface area (Å²) in [6.45, 7) is 0. The molecule has 0 aliphatic carbocycles. The molecule has 1 unspecified atom stereocenters. The first-order valence-electron chi connectivity index (χ1n) is 4.58. The van der Waals surface area contributed by atoms with Gasteiger partial charge in [-0.2, -0.15) is 0 Å². The fourth-order valence-corrected chi connectivity index (χ4v) is 1.66. The zero-order valence-electron chi connectivity index (χ0n) is 7.68. The average molecular weight is 187 g/mol. The van der Waals surface area contributed by atoms with E-state index in [1.165, 1.54) is 0 Å². The molecule has 0 aliphatic heterocycles. The molecule has 14 heavy (non-hydrogen) atoms. The van der Waals surface area contributed by atoms with Gasteiger partial charge in [-0.1, -0.05) is 42.5 Å². The molecular formula is C12H11O2. The van der Waals surface area contributed by atoms with Gasteiger partial charge in [0.2, 0.25) is 0 Å². The van der Waals surface area contributed by atoms with Crippen LogP contribution >= 0.6 is 0 Å². The highest BCUT2D eigenvalue weighted by Crippen LogP contribution is 2.19. The molecule has 0 fully saturated rings. The molecule has 1 radical (unpaired) electrons. The molecule has 1 N–H and O–H groups in total. The monoisotopic (exact) mass is 187 g/mol. The summed E-state index contributed by atoms with van der Waals surface area (Å²) in [5.74, 6) is 0. The van der Waals surface area contributed by atoms with E-state index >= 15 is 0 Å². The summed E-state index contributed by atoms with van der Waals surface area (Å²) in [5.41, 5.74) is 0.908. The fraction of sp³-hybridized carbons (Fsp3) is 0.167. The van der Waals surface area contributed by atoms with E-state index in [4.69, 9.17) is 5.11 Å². The minimum atomic E-state index is -1.53. The lowest BCUT2D eigenvalue weighted by atomic mass is 10.0. The molecule has 0 amide bonds. The number of fused-ring (bicyclic) bond motifs is 1. The van der Waals surface area contributed by atoms with E-state index in [9.17, 15) is 5.11 Å². The third-order valence-electron chi connectivity index (χ3n) is 2.27. The molecule has 1 atom stereocenters. The number of hydrogen-bond donors (Lipinski definition) is 1. The first-order valence-corrected chi connectivity index (χ1v) is 4.58. The largest absolute Gasteiger partial charge is 0.365 e. The van der Waals surface area contributed by atoms with Gasteiger partial charge >= 0.3 is 0 Å². The van der Waals surface area contributed by atoms with Gasteiger partial charge in [-0.15, -0.1) is 0 Å². The maximum absolute atomic E-state index is 10.7. The molecule has 0 saturated heterocycles. The van der Waals surface area contributed by atoms with E-state index in [1.54, 1.807) is 0 Å². The van der Waals surface area contributed by atoms with Crippen LogP contribution in [0.4, 0.5) is 0 Å². The van der Waals surface area contributed by atoms with Crippen LogP contribution in [0.2, 0.25) is 0 Å². The van der Waals surface area contributed by atoms with Gasteiger partial charge in [-0.25, -0.2) is 5.11 Å². The summed E-state index contributed by atoms with van der Waals surface area (Å²) in [6, 6.07) is 13.6. The van der Waals surface area contributed by atoms with Gasteiger partial charge in [-0.3, -0.25) is 0 Å². The van der Waals surface area contributed by atoms with Crippen LogP contribution in [0.15, 0.2) is 42.5 Å². The van der Waals surface area contributed by atoms with Crippen molar-refractivity contribution in [3.63, 3.8) is 0 Å². The molecular weight excluding hydrogens is 176 g/mol. The van der Waals surface area contributed by atoms with E-state index < -0.39 is 6.29 Å². The van der Waals surface area contributed by atoms with Crippen molar-refractivity contribution in [2.45, 2.75) is 12.7 Å². The maximum Gasteiger partial charge on any atom is 0.192 e. The summed E-state index contributed by atoms with van der Waals surface area (Å²) in [6.07, 6.45) is -1.36. The van der Waals surface area contributed by atoms with Gasteiger partial charge in [0.05, 0.1) is 0 Å².